The van der Waals surface area contributed by atoms with E-state index >= 15 is 0 Å². The first-order valence-electron chi connectivity index (χ1n) is 11.5. The van der Waals surface area contributed by atoms with Crippen LogP contribution in [0, 0.1) is 11.8 Å². The van der Waals surface area contributed by atoms with Gasteiger partial charge in [-0.2, -0.15) is 0 Å². The molecule has 184 valence electrons. The van der Waals surface area contributed by atoms with E-state index in [9.17, 15) is 9.90 Å². The molecule has 1 fully saturated rings. The molecule has 0 aliphatic heterocycles. The molecular formula is C26H38O7. The van der Waals surface area contributed by atoms with Crippen molar-refractivity contribution in [2.45, 2.75) is 50.9 Å². The maximum Gasteiger partial charge on any atom is 0.330 e. The summed E-state index contributed by atoms with van der Waals surface area (Å²) < 4.78 is 26.3. The predicted molar refractivity (Wildman–Crippen MR) is 126 cm³/mol. The molecule has 1 aliphatic rings. The Morgan fingerprint density at radius 2 is 1.94 bits per heavy atom. The highest BCUT2D eigenvalue weighted by Crippen LogP contribution is 2.37. The van der Waals surface area contributed by atoms with Crippen LogP contribution in [0.15, 0.2) is 48.6 Å². The summed E-state index contributed by atoms with van der Waals surface area (Å²) in [7, 11) is 4.57. The van der Waals surface area contributed by atoms with E-state index in [-0.39, 0.29) is 24.7 Å². The Hall–Kier alpha value is -2.19. The molecule has 0 bridgehead atoms. The number of hydrogen-bond donors (Lipinski definition) is 1. The number of carbonyl (C=O) groups is 1. The van der Waals surface area contributed by atoms with Crippen LogP contribution in [0.4, 0.5) is 0 Å². The molecule has 33 heavy (non-hydrogen) atoms. The molecule has 0 unspecified atom stereocenters. The monoisotopic (exact) mass is 462 g/mol. The van der Waals surface area contributed by atoms with Crippen LogP contribution in [0.1, 0.15) is 37.7 Å². The van der Waals surface area contributed by atoms with Crippen molar-refractivity contribution in [1.82, 2.24) is 0 Å². The zero-order chi connectivity index (χ0) is 23.9. The molecule has 7 nitrogen and oxygen atoms in total. The van der Waals surface area contributed by atoms with E-state index in [4.69, 9.17) is 18.9 Å². The first kappa shape index (κ1) is 27.1. The third-order valence-electron chi connectivity index (χ3n) is 5.83. The van der Waals surface area contributed by atoms with Gasteiger partial charge in [0.1, 0.15) is 12.5 Å². The summed E-state index contributed by atoms with van der Waals surface area (Å²) in [4.78, 5) is 11.4. The SMILES string of the molecule is COCO[C@@H]1C[C@@H]([C@H](O)/C=C/C(=O)OC)[C@H](/C=C/CCCCOCc2ccc(OC)cc2)C1. The van der Waals surface area contributed by atoms with Crippen LogP contribution in [-0.4, -0.2) is 58.0 Å². The van der Waals surface area contributed by atoms with Crippen molar-refractivity contribution in [3.63, 3.8) is 0 Å². The molecule has 0 spiro atoms. The Kier molecular flexibility index (Phi) is 12.8. The minimum atomic E-state index is -0.735. The molecule has 0 saturated heterocycles. The van der Waals surface area contributed by atoms with Gasteiger partial charge in [0.25, 0.3) is 0 Å². The van der Waals surface area contributed by atoms with Crippen molar-refractivity contribution >= 4 is 5.97 Å². The quantitative estimate of drug-likeness (QED) is 0.138. The van der Waals surface area contributed by atoms with E-state index in [2.05, 4.69) is 16.9 Å². The van der Waals surface area contributed by atoms with E-state index in [0.717, 1.165) is 43.6 Å². The molecule has 1 aromatic rings. The molecule has 0 heterocycles. The van der Waals surface area contributed by atoms with Gasteiger partial charge in [0.05, 0.1) is 33.0 Å². The first-order valence-corrected chi connectivity index (χ1v) is 11.5. The Bertz CT molecular complexity index is 729. The van der Waals surface area contributed by atoms with Crippen LogP contribution >= 0.6 is 0 Å². The summed E-state index contributed by atoms with van der Waals surface area (Å²) in [5, 5.41) is 10.6. The van der Waals surface area contributed by atoms with Gasteiger partial charge < -0.3 is 28.8 Å². The van der Waals surface area contributed by atoms with E-state index in [1.807, 2.05) is 24.3 Å². The number of aliphatic hydroxyl groups is 1. The fourth-order valence-corrected chi connectivity index (χ4v) is 4.00. The minimum absolute atomic E-state index is 0.0168. The summed E-state index contributed by atoms with van der Waals surface area (Å²) >= 11 is 0. The van der Waals surface area contributed by atoms with Crippen molar-refractivity contribution in [3.05, 3.63) is 54.1 Å². The van der Waals surface area contributed by atoms with Gasteiger partial charge in [-0.1, -0.05) is 24.3 Å². The molecule has 1 aliphatic carbocycles. The van der Waals surface area contributed by atoms with Crippen LogP contribution in [0.25, 0.3) is 0 Å². The van der Waals surface area contributed by atoms with Crippen LogP contribution in [-0.2, 0) is 30.3 Å². The van der Waals surface area contributed by atoms with Gasteiger partial charge in [0.2, 0.25) is 0 Å². The van der Waals surface area contributed by atoms with Gasteiger partial charge in [-0.25, -0.2) is 4.79 Å². The number of unbranched alkanes of at least 4 members (excludes halogenated alkanes) is 2. The number of hydrogen-bond acceptors (Lipinski definition) is 7. The number of benzene rings is 1. The molecule has 1 N–H and O–H groups in total. The van der Waals surface area contributed by atoms with Gasteiger partial charge >= 0.3 is 5.97 Å². The minimum Gasteiger partial charge on any atom is -0.497 e. The topological polar surface area (TPSA) is 83.5 Å². The van der Waals surface area contributed by atoms with E-state index in [1.165, 1.54) is 19.3 Å². The summed E-state index contributed by atoms with van der Waals surface area (Å²) in [6, 6.07) is 7.90. The van der Waals surface area contributed by atoms with Gasteiger partial charge in [-0.05, 0) is 67.7 Å². The van der Waals surface area contributed by atoms with Crippen molar-refractivity contribution in [2.75, 3.05) is 34.7 Å². The fraction of sp³-hybridized carbons (Fsp3) is 0.577. The molecule has 4 atom stereocenters. The molecule has 2 rings (SSSR count). The largest absolute Gasteiger partial charge is 0.497 e. The number of methoxy groups -OCH3 is 3. The molecule has 7 heteroatoms. The number of carbonyl (C=O) groups excluding carboxylic acids is 1. The molecule has 0 radical (unpaired) electrons. The average Bonchev–Trinajstić information content (AvgIpc) is 3.25. The summed E-state index contributed by atoms with van der Waals surface area (Å²) in [6.45, 7) is 1.55. The van der Waals surface area contributed by atoms with Crippen LogP contribution in [0.3, 0.4) is 0 Å². The Morgan fingerprint density at radius 3 is 2.64 bits per heavy atom. The average molecular weight is 463 g/mol. The molecule has 1 saturated carbocycles. The third kappa shape index (κ3) is 10.1. The molecule has 0 amide bonds. The second-order valence-corrected chi connectivity index (χ2v) is 8.19. The fourth-order valence-electron chi connectivity index (χ4n) is 4.00. The van der Waals surface area contributed by atoms with E-state index < -0.39 is 12.1 Å². The normalized spacial score (nSPS) is 21.6. The Labute approximate surface area is 197 Å². The number of allylic oxidation sites excluding steroid dienone is 2. The highest BCUT2D eigenvalue weighted by molar-refractivity contribution is 5.81. The molecule has 1 aromatic carbocycles. The Morgan fingerprint density at radius 1 is 1.15 bits per heavy atom. The van der Waals surface area contributed by atoms with Crippen LogP contribution in [0.2, 0.25) is 0 Å². The summed E-state index contributed by atoms with van der Waals surface area (Å²) in [6.07, 6.45) is 10.9. The lowest BCUT2D eigenvalue weighted by Gasteiger charge is -2.19. The van der Waals surface area contributed by atoms with Gasteiger partial charge in [-0.3, -0.25) is 0 Å². The molecular weight excluding hydrogens is 424 g/mol. The zero-order valence-corrected chi connectivity index (χ0v) is 20.0. The lowest BCUT2D eigenvalue weighted by Crippen LogP contribution is -2.22. The second kappa shape index (κ2) is 15.6. The van der Waals surface area contributed by atoms with Crippen molar-refractivity contribution in [1.29, 1.82) is 0 Å². The maximum atomic E-state index is 11.4. The standard InChI is InChI=1S/C26H38O7/c1-29-19-33-23-16-21(24(17-23)25(27)13-14-26(28)31-3)8-6-4-5-7-15-32-18-20-9-11-22(30-2)12-10-20/h6,8-14,21,23-25,27H,4-5,7,15-19H2,1-3H3/b8-6+,14-13+/t21-,23+,24-,25-/m1/s1. The predicted octanol–water partition coefficient (Wildman–Crippen LogP) is 4.04. The van der Waals surface area contributed by atoms with E-state index in [0.29, 0.717) is 13.0 Å². The van der Waals surface area contributed by atoms with Crippen molar-refractivity contribution < 1.29 is 33.6 Å². The first-order chi connectivity index (χ1) is 16.1. The second-order valence-electron chi connectivity index (χ2n) is 8.19. The van der Waals surface area contributed by atoms with Crippen LogP contribution in [0.5, 0.6) is 5.75 Å². The maximum absolute atomic E-state index is 11.4. The summed E-state index contributed by atoms with van der Waals surface area (Å²) in [5.41, 5.74) is 1.13. The summed E-state index contributed by atoms with van der Waals surface area (Å²) in [5.74, 6) is 0.534. The smallest absolute Gasteiger partial charge is 0.330 e. The van der Waals surface area contributed by atoms with Crippen molar-refractivity contribution in [2.24, 2.45) is 11.8 Å². The molecule has 0 aromatic heterocycles. The Balaban J connectivity index is 1.72. The van der Waals surface area contributed by atoms with Gasteiger partial charge in [0.15, 0.2) is 0 Å². The third-order valence-corrected chi connectivity index (χ3v) is 5.83. The van der Waals surface area contributed by atoms with Gasteiger partial charge in [-0.15, -0.1) is 0 Å². The lowest BCUT2D eigenvalue weighted by molar-refractivity contribution is -0.134. The highest BCUT2D eigenvalue weighted by Gasteiger charge is 2.36. The van der Waals surface area contributed by atoms with Gasteiger partial charge in [0, 0.05) is 19.8 Å². The number of aliphatic hydroxyl groups excluding tert-OH is 1. The van der Waals surface area contributed by atoms with Crippen LogP contribution < -0.4 is 4.74 Å². The lowest BCUT2D eigenvalue weighted by atomic mass is 9.90. The van der Waals surface area contributed by atoms with E-state index in [1.54, 1.807) is 14.2 Å². The number of esters is 1. The van der Waals surface area contributed by atoms with Crippen molar-refractivity contribution in [3.8, 4) is 5.75 Å². The zero-order valence-electron chi connectivity index (χ0n) is 20.0. The highest BCUT2D eigenvalue weighted by atomic mass is 16.7. The number of ether oxygens (including phenoxy) is 5. The number of rotatable bonds is 15.